The summed E-state index contributed by atoms with van der Waals surface area (Å²) in [5, 5.41) is 0. The number of nitrogens with zero attached hydrogens (tertiary/aromatic N) is 1. The highest BCUT2D eigenvalue weighted by atomic mass is 32.2. The number of sulfone groups is 1. The molecule has 6 heteroatoms. The Hall–Kier alpha value is -0.620. The molecular formula is C11H19NO4S. The van der Waals surface area contributed by atoms with Gasteiger partial charge in [-0.25, -0.2) is 8.42 Å². The van der Waals surface area contributed by atoms with Crippen molar-refractivity contribution in [2.24, 2.45) is 5.92 Å². The van der Waals surface area contributed by atoms with Gasteiger partial charge in [0, 0.05) is 12.6 Å². The van der Waals surface area contributed by atoms with E-state index in [-0.39, 0.29) is 29.4 Å². The number of esters is 1. The van der Waals surface area contributed by atoms with Crippen LogP contribution < -0.4 is 0 Å². The summed E-state index contributed by atoms with van der Waals surface area (Å²) < 4.78 is 27.6. The third-order valence-electron chi connectivity index (χ3n) is 3.71. The normalized spacial score (nSPS) is 33.5. The van der Waals surface area contributed by atoms with Crippen LogP contribution in [0.25, 0.3) is 0 Å². The zero-order valence-corrected chi connectivity index (χ0v) is 10.9. The number of carbonyl (C=O) groups excluding carboxylic acids is 1. The second kappa shape index (κ2) is 4.94. The van der Waals surface area contributed by atoms with Crippen molar-refractivity contribution in [1.29, 1.82) is 0 Å². The molecule has 0 aromatic carbocycles. The lowest BCUT2D eigenvalue weighted by atomic mass is 9.96. The van der Waals surface area contributed by atoms with Crippen LogP contribution in [0.5, 0.6) is 0 Å². The summed E-state index contributed by atoms with van der Waals surface area (Å²) in [7, 11) is -1.44. The molecule has 0 aromatic rings. The Kier molecular flexibility index (Phi) is 3.73. The van der Waals surface area contributed by atoms with Crippen molar-refractivity contribution in [3.63, 3.8) is 0 Å². The van der Waals surface area contributed by atoms with Crippen molar-refractivity contribution in [3.05, 3.63) is 0 Å². The van der Waals surface area contributed by atoms with Crippen molar-refractivity contribution in [1.82, 2.24) is 4.90 Å². The minimum absolute atomic E-state index is 0.0861. The monoisotopic (exact) mass is 261 g/mol. The standard InChI is InChI=1S/C11H19NO4S/c1-16-11(13)9-3-2-5-12(7-9)10-4-6-17(14,15)8-10/h9-10H,2-8H2,1H3. The third kappa shape index (κ3) is 2.98. The van der Waals surface area contributed by atoms with Gasteiger partial charge in [-0.3, -0.25) is 9.69 Å². The van der Waals surface area contributed by atoms with Gasteiger partial charge in [0.15, 0.2) is 9.84 Å². The quantitative estimate of drug-likeness (QED) is 0.658. The molecule has 2 aliphatic heterocycles. The lowest BCUT2D eigenvalue weighted by Crippen LogP contribution is -2.45. The largest absolute Gasteiger partial charge is 0.469 e. The Morgan fingerprint density at radius 2 is 2.12 bits per heavy atom. The molecule has 0 aromatic heterocycles. The number of hydrogen-bond acceptors (Lipinski definition) is 5. The molecule has 2 aliphatic rings. The molecule has 0 amide bonds. The van der Waals surface area contributed by atoms with Gasteiger partial charge in [-0.05, 0) is 25.8 Å². The Bertz CT molecular complexity index is 392. The first-order valence-corrected chi connectivity index (χ1v) is 7.86. The van der Waals surface area contributed by atoms with E-state index in [4.69, 9.17) is 4.74 Å². The minimum atomic E-state index is -2.85. The fourth-order valence-corrected chi connectivity index (χ4v) is 4.52. The highest BCUT2D eigenvalue weighted by molar-refractivity contribution is 7.91. The van der Waals surface area contributed by atoms with E-state index in [0.717, 1.165) is 19.4 Å². The first-order valence-electron chi connectivity index (χ1n) is 6.04. The van der Waals surface area contributed by atoms with Crippen LogP contribution in [0.3, 0.4) is 0 Å². The predicted molar refractivity (Wildman–Crippen MR) is 63.4 cm³/mol. The van der Waals surface area contributed by atoms with E-state index in [1.54, 1.807) is 0 Å². The molecule has 0 N–H and O–H groups in total. The van der Waals surface area contributed by atoms with Crippen LogP contribution in [0, 0.1) is 5.92 Å². The number of methoxy groups -OCH3 is 1. The van der Waals surface area contributed by atoms with Crippen LogP contribution in [0.4, 0.5) is 0 Å². The van der Waals surface area contributed by atoms with Crippen LogP contribution in [0.1, 0.15) is 19.3 Å². The molecule has 0 bridgehead atoms. The second-order valence-corrected chi connectivity index (χ2v) is 7.14. The Morgan fingerprint density at radius 3 is 2.71 bits per heavy atom. The molecule has 0 saturated carbocycles. The van der Waals surface area contributed by atoms with Crippen LogP contribution >= 0.6 is 0 Å². The lowest BCUT2D eigenvalue weighted by molar-refractivity contribution is -0.147. The number of hydrogen-bond donors (Lipinski definition) is 0. The maximum absolute atomic E-state index is 11.5. The van der Waals surface area contributed by atoms with E-state index in [1.165, 1.54) is 7.11 Å². The summed E-state index contributed by atoms with van der Waals surface area (Å²) in [4.78, 5) is 13.6. The van der Waals surface area contributed by atoms with Gasteiger partial charge in [0.25, 0.3) is 0 Å². The summed E-state index contributed by atoms with van der Waals surface area (Å²) in [6.45, 7) is 1.54. The zero-order valence-electron chi connectivity index (χ0n) is 10.1. The number of carbonyl (C=O) groups is 1. The molecule has 0 spiro atoms. The van der Waals surface area contributed by atoms with E-state index >= 15 is 0 Å². The van der Waals surface area contributed by atoms with Crippen LogP contribution in [0.2, 0.25) is 0 Å². The zero-order chi connectivity index (χ0) is 12.5. The highest BCUT2D eigenvalue weighted by Crippen LogP contribution is 2.24. The van der Waals surface area contributed by atoms with Crippen molar-refractivity contribution in [2.45, 2.75) is 25.3 Å². The molecular weight excluding hydrogens is 242 g/mol. The molecule has 17 heavy (non-hydrogen) atoms. The number of rotatable bonds is 2. The van der Waals surface area contributed by atoms with Crippen molar-refractivity contribution in [2.75, 3.05) is 31.7 Å². The molecule has 2 atom stereocenters. The predicted octanol–water partition coefficient (Wildman–Crippen LogP) is 0.0585. The lowest BCUT2D eigenvalue weighted by Gasteiger charge is -2.35. The first kappa shape index (κ1) is 12.8. The maximum Gasteiger partial charge on any atom is 0.309 e. The van der Waals surface area contributed by atoms with Gasteiger partial charge in [-0.1, -0.05) is 0 Å². The van der Waals surface area contributed by atoms with Gasteiger partial charge in [0.1, 0.15) is 0 Å². The smallest absolute Gasteiger partial charge is 0.309 e. The Labute approximate surface area is 102 Å². The average molecular weight is 261 g/mol. The molecule has 2 heterocycles. The molecule has 0 radical (unpaired) electrons. The molecule has 98 valence electrons. The van der Waals surface area contributed by atoms with Crippen LogP contribution in [-0.2, 0) is 19.4 Å². The van der Waals surface area contributed by atoms with Crippen LogP contribution in [0.15, 0.2) is 0 Å². The van der Waals surface area contributed by atoms with Gasteiger partial charge in [-0.15, -0.1) is 0 Å². The van der Waals surface area contributed by atoms with Crippen molar-refractivity contribution in [3.8, 4) is 0 Å². The van der Waals surface area contributed by atoms with E-state index in [2.05, 4.69) is 4.90 Å². The molecule has 0 aliphatic carbocycles. The van der Waals surface area contributed by atoms with Crippen molar-refractivity contribution < 1.29 is 17.9 Å². The number of likely N-dealkylation sites (tertiary alicyclic amines) is 1. The summed E-state index contributed by atoms with van der Waals surface area (Å²) in [5.74, 6) is 0.283. The highest BCUT2D eigenvalue weighted by Gasteiger charge is 2.36. The molecule has 2 rings (SSSR count). The Morgan fingerprint density at radius 1 is 1.35 bits per heavy atom. The second-order valence-electron chi connectivity index (χ2n) is 4.91. The number of ether oxygens (including phenoxy) is 1. The maximum atomic E-state index is 11.5. The summed E-state index contributed by atoms with van der Waals surface area (Å²) in [5.41, 5.74) is 0. The van der Waals surface area contributed by atoms with Crippen molar-refractivity contribution >= 4 is 15.8 Å². The summed E-state index contributed by atoms with van der Waals surface area (Å²) in [6, 6.07) is 0.104. The molecule has 2 unspecified atom stereocenters. The van der Waals surface area contributed by atoms with E-state index in [0.29, 0.717) is 13.0 Å². The molecule has 2 saturated heterocycles. The summed E-state index contributed by atoms with van der Waals surface area (Å²) >= 11 is 0. The van der Waals surface area contributed by atoms with Gasteiger partial charge in [0.05, 0.1) is 24.5 Å². The van der Waals surface area contributed by atoms with E-state index in [1.807, 2.05) is 0 Å². The topological polar surface area (TPSA) is 63.7 Å². The summed E-state index contributed by atoms with van der Waals surface area (Å²) in [6.07, 6.45) is 2.50. The molecule has 5 nitrogen and oxygen atoms in total. The van der Waals surface area contributed by atoms with Gasteiger partial charge in [-0.2, -0.15) is 0 Å². The SMILES string of the molecule is COC(=O)C1CCCN(C2CCS(=O)(=O)C2)C1. The Balaban J connectivity index is 1.96. The molecule has 2 fully saturated rings. The fraction of sp³-hybridized carbons (Fsp3) is 0.909. The van der Waals surface area contributed by atoms with Gasteiger partial charge >= 0.3 is 5.97 Å². The number of piperidine rings is 1. The average Bonchev–Trinajstić information content (AvgIpc) is 2.69. The van der Waals surface area contributed by atoms with E-state index < -0.39 is 9.84 Å². The third-order valence-corrected chi connectivity index (χ3v) is 5.46. The van der Waals surface area contributed by atoms with Gasteiger partial charge in [0.2, 0.25) is 0 Å². The minimum Gasteiger partial charge on any atom is -0.469 e. The van der Waals surface area contributed by atoms with E-state index in [9.17, 15) is 13.2 Å². The fourth-order valence-electron chi connectivity index (χ4n) is 2.76. The van der Waals surface area contributed by atoms with Crippen LogP contribution in [-0.4, -0.2) is 57.0 Å². The van der Waals surface area contributed by atoms with Gasteiger partial charge < -0.3 is 4.74 Å². The first-order chi connectivity index (χ1) is 8.02.